The fourth-order valence-corrected chi connectivity index (χ4v) is 4.27. The normalized spacial score (nSPS) is 19.3. The summed E-state index contributed by atoms with van der Waals surface area (Å²) < 4.78 is 0. The van der Waals surface area contributed by atoms with Gasteiger partial charge >= 0.3 is 0 Å². The number of carbonyl (C=O) groups excluding carboxylic acids is 3. The lowest BCUT2D eigenvalue weighted by Gasteiger charge is -2.32. The van der Waals surface area contributed by atoms with Gasteiger partial charge in [0, 0.05) is 13.5 Å². The molecule has 0 aromatic heterocycles. The van der Waals surface area contributed by atoms with Crippen molar-refractivity contribution in [3.05, 3.63) is 35.9 Å². The summed E-state index contributed by atoms with van der Waals surface area (Å²) in [6.07, 6.45) is 4.50. The van der Waals surface area contributed by atoms with Crippen molar-refractivity contribution in [1.82, 2.24) is 15.1 Å². The largest absolute Gasteiger partial charge is 0.344 e. The highest BCUT2D eigenvalue weighted by molar-refractivity contribution is 5.94. The third kappa shape index (κ3) is 6.55. The summed E-state index contributed by atoms with van der Waals surface area (Å²) in [6.45, 7) is 10.5. The van der Waals surface area contributed by atoms with E-state index in [4.69, 9.17) is 0 Å². The summed E-state index contributed by atoms with van der Waals surface area (Å²) in [5, 5.41) is 2.84. The number of carbonyl (C=O) groups is 3. The Hall–Kier alpha value is -2.37. The number of benzene rings is 1. The quantitative estimate of drug-likeness (QED) is 0.584. The van der Waals surface area contributed by atoms with Gasteiger partial charge in [-0.3, -0.25) is 14.4 Å². The lowest BCUT2D eigenvalue weighted by atomic mass is 9.92. The number of nitrogens with one attached hydrogen (secondary N) is 1. The second kappa shape index (κ2) is 11.9. The van der Waals surface area contributed by atoms with Crippen LogP contribution in [-0.2, 0) is 20.8 Å². The molecule has 0 aliphatic carbocycles. The molecule has 1 saturated heterocycles. The predicted molar refractivity (Wildman–Crippen MR) is 123 cm³/mol. The van der Waals surface area contributed by atoms with Gasteiger partial charge in [0.15, 0.2) is 0 Å². The van der Waals surface area contributed by atoms with Gasteiger partial charge in [-0.15, -0.1) is 0 Å². The molecule has 3 amide bonds. The van der Waals surface area contributed by atoms with Crippen LogP contribution in [0.2, 0.25) is 0 Å². The summed E-state index contributed by atoms with van der Waals surface area (Å²) in [6, 6.07) is 9.02. The molecule has 0 saturated carbocycles. The van der Waals surface area contributed by atoms with Gasteiger partial charge in [0.05, 0.1) is 6.67 Å². The number of rotatable bonds is 11. The molecule has 6 heteroatoms. The maximum atomic E-state index is 13.6. The van der Waals surface area contributed by atoms with E-state index in [-0.39, 0.29) is 36.2 Å². The van der Waals surface area contributed by atoms with Crippen LogP contribution in [0.25, 0.3) is 0 Å². The fraction of sp³-hybridized carbons (Fsp3) is 0.640. The van der Waals surface area contributed by atoms with E-state index >= 15 is 0 Å². The van der Waals surface area contributed by atoms with E-state index in [1.165, 1.54) is 12.5 Å². The van der Waals surface area contributed by atoms with Crippen LogP contribution in [0.4, 0.5) is 0 Å². The van der Waals surface area contributed by atoms with E-state index in [0.717, 1.165) is 32.1 Å². The first-order valence-electron chi connectivity index (χ1n) is 11.7. The van der Waals surface area contributed by atoms with E-state index in [1.54, 1.807) is 9.80 Å². The molecule has 6 nitrogen and oxygen atoms in total. The molecule has 4 atom stereocenters. The summed E-state index contributed by atoms with van der Waals surface area (Å²) in [5.41, 5.74) is 1.17. The highest BCUT2D eigenvalue weighted by atomic mass is 16.2. The zero-order chi connectivity index (χ0) is 23.0. The molecule has 1 N–H and O–H groups in total. The summed E-state index contributed by atoms with van der Waals surface area (Å²) in [4.78, 5) is 42.2. The molecular formula is C25H39N3O3. The SMILES string of the molecule is CCCC[C@H](C)[C@@H]1C(=O)N(CCc2ccccc2)CN1C(=O)[C@H](NC(C)=O)[C@@H](C)CC. The maximum absolute atomic E-state index is 13.6. The van der Waals surface area contributed by atoms with Crippen LogP contribution in [0.1, 0.15) is 65.9 Å². The van der Waals surface area contributed by atoms with Gasteiger partial charge in [-0.1, -0.05) is 77.3 Å². The van der Waals surface area contributed by atoms with Gasteiger partial charge < -0.3 is 15.1 Å². The molecule has 172 valence electrons. The molecule has 1 heterocycles. The van der Waals surface area contributed by atoms with E-state index in [9.17, 15) is 14.4 Å². The molecular weight excluding hydrogens is 390 g/mol. The molecule has 0 spiro atoms. The zero-order valence-electron chi connectivity index (χ0n) is 19.8. The molecule has 2 rings (SSSR count). The van der Waals surface area contributed by atoms with Crippen LogP contribution in [0.3, 0.4) is 0 Å². The van der Waals surface area contributed by atoms with Crippen LogP contribution < -0.4 is 5.32 Å². The Balaban J connectivity index is 2.23. The second-order valence-corrected chi connectivity index (χ2v) is 8.91. The van der Waals surface area contributed by atoms with Crippen molar-refractivity contribution in [2.75, 3.05) is 13.2 Å². The lowest BCUT2D eigenvalue weighted by molar-refractivity contribution is -0.141. The number of unbranched alkanes of at least 4 members (excludes halogenated alkanes) is 1. The number of hydrogen-bond donors (Lipinski definition) is 1. The van der Waals surface area contributed by atoms with E-state index in [1.807, 2.05) is 32.0 Å². The summed E-state index contributed by atoms with van der Waals surface area (Å²) >= 11 is 0. The highest BCUT2D eigenvalue weighted by Crippen LogP contribution is 2.27. The number of nitrogens with zero attached hydrogens (tertiary/aromatic N) is 2. The van der Waals surface area contributed by atoms with E-state index in [0.29, 0.717) is 6.54 Å². The Kier molecular flexibility index (Phi) is 9.53. The Morgan fingerprint density at radius 1 is 1.16 bits per heavy atom. The Labute approximate surface area is 187 Å². The number of amides is 3. The maximum Gasteiger partial charge on any atom is 0.247 e. The molecule has 1 aliphatic rings. The third-order valence-corrected chi connectivity index (χ3v) is 6.41. The summed E-state index contributed by atoms with van der Waals surface area (Å²) in [7, 11) is 0. The van der Waals surface area contributed by atoms with Crippen LogP contribution in [-0.4, -0.2) is 52.8 Å². The molecule has 0 radical (unpaired) electrons. The van der Waals surface area contributed by atoms with Crippen molar-refractivity contribution in [1.29, 1.82) is 0 Å². The van der Waals surface area contributed by atoms with Gasteiger partial charge in [-0.25, -0.2) is 0 Å². The molecule has 31 heavy (non-hydrogen) atoms. The molecule has 1 aliphatic heterocycles. The molecule has 1 aromatic rings. The highest BCUT2D eigenvalue weighted by Gasteiger charge is 2.45. The number of hydrogen-bond acceptors (Lipinski definition) is 3. The van der Waals surface area contributed by atoms with Gasteiger partial charge in [-0.2, -0.15) is 0 Å². The van der Waals surface area contributed by atoms with Crippen LogP contribution >= 0.6 is 0 Å². The Bertz CT molecular complexity index is 737. The Morgan fingerprint density at radius 3 is 2.42 bits per heavy atom. The van der Waals surface area contributed by atoms with Gasteiger partial charge in [0.2, 0.25) is 17.7 Å². The van der Waals surface area contributed by atoms with Crippen LogP contribution in [0.5, 0.6) is 0 Å². The monoisotopic (exact) mass is 429 g/mol. The van der Waals surface area contributed by atoms with Crippen molar-refractivity contribution in [2.24, 2.45) is 11.8 Å². The van der Waals surface area contributed by atoms with Gasteiger partial charge in [-0.05, 0) is 30.2 Å². The molecule has 0 bridgehead atoms. The summed E-state index contributed by atoms with van der Waals surface area (Å²) in [5.74, 6) is -0.266. The third-order valence-electron chi connectivity index (χ3n) is 6.41. The standard InChI is InChI=1S/C25H39N3O3/c1-6-8-12-19(4)23-25(31)27(16-15-21-13-10-9-11-14-21)17-28(23)24(30)22(18(3)7-2)26-20(5)29/h9-11,13-14,18-19,22-23H,6-8,12,15-17H2,1-5H3,(H,26,29)/t18-,19-,22+,23+/m0/s1. The first kappa shape index (κ1) is 24.9. The smallest absolute Gasteiger partial charge is 0.247 e. The van der Waals surface area contributed by atoms with Crippen molar-refractivity contribution in [3.8, 4) is 0 Å². The van der Waals surface area contributed by atoms with E-state index in [2.05, 4.69) is 31.3 Å². The molecule has 1 aromatic carbocycles. The van der Waals surface area contributed by atoms with Crippen molar-refractivity contribution in [3.63, 3.8) is 0 Å². The topological polar surface area (TPSA) is 69.7 Å². The average molecular weight is 430 g/mol. The first-order chi connectivity index (χ1) is 14.8. The first-order valence-corrected chi connectivity index (χ1v) is 11.7. The van der Waals surface area contributed by atoms with Gasteiger partial charge in [0.1, 0.15) is 12.1 Å². The second-order valence-electron chi connectivity index (χ2n) is 8.91. The van der Waals surface area contributed by atoms with E-state index < -0.39 is 12.1 Å². The molecule has 0 unspecified atom stereocenters. The minimum absolute atomic E-state index is 0.00327. The Morgan fingerprint density at radius 2 is 1.84 bits per heavy atom. The van der Waals surface area contributed by atoms with Gasteiger partial charge in [0.25, 0.3) is 0 Å². The molecule has 1 fully saturated rings. The minimum Gasteiger partial charge on any atom is -0.344 e. The van der Waals surface area contributed by atoms with Crippen LogP contribution in [0.15, 0.2) is 30.3 Å². The lowest BCUT2D eigenvalue weighted by Crippen LogP contribution is -2.54. The average Bonchev–Trinajstić information content (AvgIpc) is 3.10. The fourth-order valence-electron chi connectivity index (χ4n) is 4.27. The van der Waals surface area contributed by atoms with Crippen molar-refractivity contribution >= 4 is 17.7 Å². The minimum atomic E-state index is -0.606. The zero-order valence-corrected chi connectivity index (χ0v) is 19.8. The van der Waals surface area contributed by atoms with Crippen molar-refractivity contribution in [2.45, 2.75) is 78.8 Å². The van der Waals surface area contributed by atoms with Crippen LogP contribution in [0, 0.1) is 11.8 Å². The predicted octanol–water partition coefficient (Wildman–Crippen LogP) is 3.60. The van der Waals surface area contributed by atoms with Crippen molar-refractivity contribution < 1.29 is 14.4 Å².